The van der Waals surface area contributed by atoms with Crippen LogP contribution in [0.1, 0.15) is 13.8 Å². The summed E-state index contributed by atoms with van der Waals surface area (Å²) in [7, 11) is 0. The van der Waals surface area contributed by atoms with Gasteiger partial charge in [0, 0.05) is 31.2 Å². The third-order valence-corrected chi connectivity index (χ3v) is 2.39. The van der Waals surface area contributed by atoms with Gasteiger partial charge in [-0.2, -0.15) is 0 Å². The zero-order valence-corrected chi connectivity index (χ0v) is 8.47. The fourth-order valence-electron chi connectivity index (χ4n) is 1.55. The Hall–Kier alpha value is -0.190. The smallest absolute Gasteiger partial charge is 0.0642 e. The molecule has 0 aromatic carbocycles. The summed E-state index contributed by atoms with van der Waals surface area (Å²) in [6.45, 7) is 6.09. The molecule has 2 unspecified atom stereocenters. The van der Waals surface area contributed by atoms with Crippen LogP contribution in [0.3, 0.4) is 0 Å². The standard InChI is InChI=1S/C8H17N3S/c1-6(2)10-8-4-11(5-12)3-7(8)9/h5-8,10H,3-4,9H2,1-2H3. The molecule has 3 N–H and O–H groups in total. The Morgan fingerprint density at radius 1 is 1.58 bits per heavy atom. The van der Waals surface area contributed by atoms with Crippen molar-refractivity contribution in [1.82, 2.24) is 10.2 Å². The average molecular weight is 187 g/mol. The zero-order chi connectivity index (χ0) is 9.14. The van der Waals surface area contributed by atoms with E-state index in [9.17, 15) is 0 Å². The Kier molecular flexibility index (Phi) is 3.43. The molecule has 1 aliphatic heterocycles. The highest BCUT2D eigenvalue weighted by molar-refractivity contribution is 7.78. The van der Waals surface area contributed by atoms with Gasteiger partial charge in [-0.3, -0.25) is 0 Å². The predicted octanol–water partition coefficient (Wildman–Crippen LogP) is -0.0469. The van der Waals surface area contributed by atoms with Gasteiger partial charge < -0.3 is 16.0 Å². The van der Waals surface area contributed by atoms with Crippen LogP contribution in [0, 0.1) is 0 Å². The largest absolute Gasteiger partial charge is 0.365 e. The van der Waals surface area contributed by atoms with E-state index in [1.165, 1.54) is 0 Å². The van der Waals surface area contributed by atoms with Gasteiger partial charge >= 0.3 is 0 Å². The van der Waals surface area contributed by atoms with Crippen molar-refractivity contribution >= 4 is 17.7 Å². The molecular formula is C8H17N3S. The molecule has 1 saturated heterocycles. The van der Waals surface area contributed by atoms with Crippen molar-refractivity contribution in [2.45, 2.75) is 32.0 Å². The number of likely N-dealkylation sites (tertiary alicyclic amines) is 1. The van der Waals surface area contributed by atoms with Crippen LogP contribution in [0.4, 0.5) is 0 Å². The molecule has 1 fully saturated rings. The van der Waals surface area contributed by atoms with E-state index in [4.69, 9.17) is 18.0 Å². The van der Waals surface area contributed by atoms with Crippen molar-refractivity contribution < 1.29 is 0 Å². The molecule has 0 aromatic heterocycles. The molecule has 1 rings (SSSR count). The maximum Gasteiger partial charge on any atom is 0.0642 e. The van der Waals surface area contributed by atoms with Gasteiger partial charge in [-0.05, 0) is 0 Å². The van der Waals surface area contributed by atoms with E-state index in [2.05, 4.69) is 24.1 Å². The van der Waals surface area contributed by atoms with Gasteiger partial charge in [-0.1, -0.05) is 26.1 Å². The summed E-state index contributed by atoms with van der Waals surface area (Å²) in [5, 5.41) is 3.42. The molecule has 0 radical (unpaired) electrons. The molecule has 70 valence electrons. The van der Waals surface area contributed by atoms with Gasteiger partial charge in [-0.15, -0.1) is 0 Å². The van der Waals surface area contributed by atoms with Crippen LogP contribution in [0.25, 0.3) is 0 Å². The summed E-state index contributed by atoms with van der Waals surface area (Å²) < 4.78 is 0. The third kappa shape index (κ3) is 2.40. The summed E-state index contributed by atoms with van der Waals surface area (Å²) in [6.07, 6.45) is 0. The molecule has 1 heterocycles. The highest BCUT2D eigenvalue weighted by Crippen LogP contribution is 2.06. The summed E-state index contributed by atoms with van der Waals surface area (Å²) in [4.78, 5) is 2.08. The lowest BCUT2D eigenvalue weighted by Gasteiger charge is -2.18. The normalized spacial score (nSPS) is 29.8. The van der Waals surface area contributed by atoms with Crippen molar-refractivity contribution in [1.29, 1.82) is 0 Å². The van der Waals surface area contributed by atoms with Gasteiger partial charge in [0.2, 0.25) is 0 Å². The number of thiocarbonyl (C=S) groups is 1. The van der Waals surface area contributed by atoms with E-state index >= 15 is 0 Å². The van der Waals surface area contributed by atoms with E-state index in [-0.39, 0.29) is 6.04 Å². The van der Waals surface area contributed by atoms with Gasteiger partial charge in [0.25, 0.3) is 0 Å². The number of nitrogens with two attached hydrogens (primary N) is 1. The minimum atomic E-state index is 0.214. The number of hydrogen-bond acceptors (Lipinski definition) is 3. The van der Waals surface area contributed by atoms with Crippen LogP contribution in [0.15, 0.2) is 0 Å². The van der Waals surface area contributed by atoms with Crippen molar-refractivity contribution in [2.24, 2.45) is 5.73 Å². The van der Waals surface area contributed by atoms with Crippen LogP contribution >= 0.6 is 12.2 Å². The number of nitrogens with zero attached hydrogens (tertiary/aromatic N) is 1. The second-order valence-corrected chi connectivity index (χ2v) is 3.86. The minimum Gasteiger partial charge on any atom is -0.365 e. The van der Waals surface area contributed by atoms with Crippen LogP contribution in [-0.4, -0.2) is 41.6 Å². The van der Waals surface area contributed by atoms with Gasteiger partial charge in [-0.25, -0.2) is 0 Å². The second kappa shape index (κ2) is 4.16. The number of rotatable bonds is 3. The topological polar surface area (TPSA) is 41.3 Å². The van der Waals surface area contributed by atoms with Gasteiger partial charge in [0.1, 0.15) is 0 Å². The molecule has 3 nitrogen and oxygen atoms in total. The van der Waals surface area contributed by atoms with Crippen molar-refractivity contribution in [3.8, 4) is 0 Å². The average Bonchev–Trinajstić information content (AvgIpc) is 2.31. The molecule has 12 heavy (non-hydrogen) atoms. The maximum atomic E-state index is 5.92. The Bertz CT molecular complexity index is 160. The van der Waals surface area contributed by atoms with E-state index in [1.54, 1.807) is 5.49 Å². The highest BCUT2D eigenvalue weighted by Gasteiger charge is 2.28. The van der Waals surface area contributed by atoms with Crippen LogP contribution < -0.4 is 11.1 Å². The monoisotopic (exact) mass is 187 g/mol. The van der Waals surface area contributed by atoms with Crippen LogP contribution in [0.2, 0.25) is 0 Å². The van der Waals surface area contributed by atoms with E-state index in [0.717, 1.165) is 13.1 Å². The first-order valence-corrected chi connectivity index (χ1v) is 4.81. The van der Waals surface area contributed by atoms with Gasteiger partial charge in [0.05, 0.1) is 5.49 Å². The molecule has 0 aromatic rings. The van der Waals surface area contributed by atoms with E-state index in [1.807, 2.05) is 0 Å². The first kappa shape index (κ1) is 9.89. The molecule has 0 spiro atoms. The molecular weight excluding hydrogens is 170 g/mol. The predicted molar refractivity (Wildman–Crippen MR) is 55.3 cm³/mol. The Labute approximate surface area is 79.3 Å². The molecule has 1 aliphatic rings. The molecule has 0 amide bonds. The molecule has 0 saturated carbocycles. The fourth-order valence-corrected chi connectivity index (χ4v) is 1.72. The molecule has 0 bridgehead atoms. The quantitative estimate of drug-likeness (QED) is 0.608. The molecule has 4 heteroatoms. The lowest BCUT2D eigenvalue weighted by molar-refractivity contribution is 0.443. The lowest BCUT2D eigenvalue weighted by atomic mass is 10.1. The minimum absolute atomic E-state index is 0.214. The molecule has 2 atom stereocenters. The third-order valence-electron chi connectivity index (χ3n) is 2.09. The first-order valence-electron chi connectivity index (χ1n) is 4.34. The Balaban J connectivity index is 2.40. The number of hydrogen-bond donors (Lipinski definition) is 2. The second-order valence-electron chi connectivity index (χ2n) is 3.65. The Morgan fingerprint density at radius 2 is 2.25 bits per heavy atom. The summed E-state index contributed by atoms with van der Waals surface area (Å²) in [5.74, 6) is 0. The zero-order valence-electron chi connectivity index (χ0n) is 7.66. The van der Waals surface area contributed by atoms with E-state index < -0.39 is 0 Å². The van der Waals surface area contributed by atoms with Gasteiger partial charge in [0.15, 0.2) is 0 Å². The fraction of sp³-hybridized carbons (Fsp3) is 0.875. The van der Waals surface area contributed by atoms with Crippen molar-refractivity contribution in [3.63, 3.8) is 0 Å². The van der Waals surface area contributed by atoms with Crippen molar-refractivity contribution in [2.75, 3.05) is 13.1 Å². The van der Waals surface area contributed by atoms with Crippen LogP contribution in [-0.2, 0) is 0 Å². The highest BCUT2D eigenvalue weighted by atomic mass is 32.1. The van der Waals surface area contributed by atoms with E-state index in [0.29, 0.717) is 12.1 Å². The SMILES string of the molecule is CC(C)NC1CN(C=S)CC1N. The molecule has 0 aliphatic carbocycles. The summed E-state index contributed by atoms with van der Waals surface area (Å²) >= 11 is 4.85. The summed E-state index contributed by atoms with van der Waals surface area (Å²) in [5.41, 5.74) is 7.62. The number of nitrogens with one attached hydrogen (secondary N) is 1. The van der Waals surface area contributed by atoms with Crippen LogP contribution in [0.5, 0.6) is 0 Å². The Morgan fingerprint density at radius 3 is 2.67 bits per heavy atom. The maximum absolute atomic E-state index is 5.92. The lowest BCUT2D eigenvalue weighted by Crippen LogP contribution is -2.46. The van der Waals surface area contributed by atoms with Crippen molar-refractivity contribution in [3.05, 3.63) is 0 Å². The summed E-state index contributed by atoms with van der Waals surface area (Å²) in [6, 6.07) is 1.10. The first-order chi connectivity index (χ1) is 5.63.